The molecule has 0 aromatic rings. The molecule has 1 amide bonds. The van der Waals surface area contributed by atoms with Crippen molar-refractivity contribution in [2.45, 2.75) is 82.9 Å². The minimum Gasteiger partial charge on any atom is -0.480 e. The van der Waals surface area contributed by atoms with Crippen molar-refractivity contribution in [3.8, 4) is 0 Å². The summed E-state index contributed by atoms with van der Waals surface area (Å²) in [5.41, 5.74) is 0. The Hall–Kier alpha value is -1.26. The molecule has 0 spiro atoms. The van der Waals surface area contributed by atoms with Crippen LogP contribution in [-0.4, -0.2) is 65.3 Å². The maximum absolute atomic E-state index is 12.5. The Morgan fingerprint density at radius 2 is 1.50 bits per heavy atom. The third-order valence-electron chi connectivity index (χ3n) is 4.14. The van der Waals surface area contributed by atoms with E-state index in [2.05, 4.69) is 5.32 Å². The summed E-state index contributed by atoms with van der Waals surface area (Å²) in [6.45, 7) is 8.32. The van der Waals surface area contributed by atoms with Crippen LogP contribution in [0, 0.1) is 0 Å². The van der Waals surface area contributed by atoms with Crippen molar-refractivity contribution in [2.24, 2.45) is 0 Å². The van der Waals surface area contributed by atoms with Gasteiger partial charge in [0.1, 0.15) is 24.4 Å². The number of fused-ring (bicyclic) bond motifs is 3. The molecule has 6 atom stereocenters. The number of nitrogens with one attached hydrogen (secondary N) is 1. The minimum atomic E-state index is -1.14. The van der Waals surface area contributed by atoms with Crippen LogP contribution in [-0.2, 0) is 33.3 Å². The Morgan fingerprint density at radius 3 is 2.12 bits per heavy atom. The Kier molecular flexibility index (Phi) is 4.12. The number of rotatable bonds is 3. The van der Waals surface area contributed by atoms with Gasteiger partial charge < -0.3 is 34.1 Å². The number of hydrogen-bond acceptors (Lipinski definition) is 7. The zero-order valence-corrected chi connectivity index (χ0v) is 14.3. The first kappa shape index (κ1) is 17.6. The van der Waals surface area contributed by atoms with E-state index in [4.69, 9.17) is 28.8 Å². The third-order valence-corrected chi connectivity index (χ3v) is 4.14. The van der Waals surface area contributed by atoms with Gasteiger partial charge in [0, 0.05) is 0 Å². The molecule has 0 aliphatic carbocycles. The molecule has 9 nitrogen and oxygen atoms in total. The van der Waals surface area contributed by atoms with Crippen LogP contribution >= 0.6 is 0 Å². The number of aliphatic carboxylic acids is 1. The van der Waals surface area contributed by atoms with Gasteiger partial charge in [-0.15, -0.1) is 0 Å². The molecule has 136 valence electrons. The molecule has 0 aromatic carbocycles. The van der Waals surface area contributed by atoms with E-state index in [1.807, 2.05) is 0 Å². The standard InChI is InChI=1S/C15H23NO8/c1-6(12(18)19)16-11(17)9-7-8(22-14(2,3)21-7)10-13(20-9)24-15(4,5)23-10/h6-10,13H,1-5H3,(H,16,17)(H,18,19). The molecule has 0 aromatic heterocycles. The molecule has 3 heterocycles. The highest BCUT2D eigenvalue weighted by atomic mass is 16.9. The second-order valence-corrected chi connectivity index (χ2v) is 7.16. The zero-order chi connectivity index (χ0) is 17.9. The van der Waals surface area contributed by atoms with Crippen molar-refractivity contribution < 1.29 is 38.4 Å². The Labute approximate surface area is 139 Å². The molecule has 3 aliphatic heterocycles. The van der Waals surface area contributed by atoms with Crippen LogP contribution in [0.2, 0.25) is 0 Å². The normalized spacial score (nSPS) is 40.5. The van der Waals surface area contributed by atoms with E-state index in [1.54, 1.807) is 27.7 Å². The molecule has 2 N–H and O–H groups in total. The molecule has 3 fully saturated rings. The maximum atomic E-state index is 12.5. The molecule has 6 unspecified atom stereocenters. The maximum Gasteiger partial charge on any atom is 0.325 e. The Morgan fingerprint density at radius 1 is 0.958 bits per heavy atom. The van der Waals surface area contributed by atoms with Gasteiger partial charge in [0.05, 0.1) is 0 Å². The first-order valence-corrected chi connectivity index (χ1v) is 7.89. The van der Waals surface area contributed by atoms with Crippen molar-refractivity contribution >= 4 is 11.9 Å². The summed E-state index contributed by atoms with van der Waals surface area (Å²) in [7, 11) is 0. The van der Waals surface area contributed by atoms with Gasteiger partial charge in [-0.25, -0.2) is 0 Å². The van der Waals surface area contributed by atoms with E-state index < -0.39 is 60.2 Å². The smallest absolute Gasteiger partial charge is 0.325 e. The molecule has 3 rings (SSSR count). The summed E-state index contributed by atoms with van der Waals surface area (Å²) in [5.74, 6) is -3.52. The van der Waals surface area contributed by atoms with Crippen molar-refractivity contribution in [1.29, 1.82) is 0 Å². The predicted molar refractivity (Wildman–Crippen MR) is 77.8 cm³/mol. The lowest BCUT2D eigenvalue weighted by atomic mass is 9.98. The van der Waals surface area contributed by atoms with Gasteiger partial charge >= 0.3 is 5.97 Å². The van der Waals surface area contributed by atoms with E-state index in [9.17, 15) is 9.59 Å². The summed E-state index contributed by atoms with van der Waals surface area (Å²) < 4.78 is 29.0. The first-order chi connectivity index (χ1) is 11.0. The quantitative estimate of drug-likeness (QED) is 0.733. The number of carboxylic acid groups (broad SMARTS) is 1. The van der Waals surface area contributed by atoms with E-state index in [0.717, 1.165) is 0 Å². The van der Waals surface area contributed by atoms with Gasteiger partial charge in [0.15, 0.2) is 24.0 Å². The van der Waals surface area contributed by atoms with E-state index in [0.29, 0.717) is 0 Å². The van der Waals surface area contributed by atoms with Gasteiger partial charge in [-0.3, -0.25) is 9.59 Å². The third kappa shape index (κ3) is 3.14. The molecule has 0 saturated carbocycles. The second kappa shape index (κ2) is 5.63. The van der Waals surface area contributed by atoms with E-state index >= 15 is 0 Å². The molecular formula is C15H23NO8. The van der Waals surface area contributed by atoms with Crippen molar-refractivity contribution in [3.63, 3.8) is 0 Å². The number of carboxylic acids is 1. The molecule has 9 heteroatoms. The van der Waals surface area contributed by atoms with Crippen LogP contribution in [0.3, 0.4) is 0 Å². The van der Waals surface area contributed by atoms with Crippen LogP contribution < -0.4 is 5.32 Å². The minimum absolute atomic E-state index is 0.535. The van der Waals surface area contributed by atoms with Crippen LogP contribution in [0.4, 0.5) is 0 Å². The Bertz CT molecular complexity index is 548. The lowest BCUT2D eigenvalue weighted by Crippen LogP contribution is -2.60. The van der Waals surface area contributed by atoms with Crippen molar-refractivity contribution in [3.05, 3.63) is 0 Å². The SMILES string of the molecule is CC(NC(=O)C1OC2OC(C)(C)OC2C2OC(C)(C)OC12)C(=O)O. The number of amides is 1. The summed E-state index contributed by atoms with van der Waals surface area (Å²) in [6, 6.07) is -1.05. The second-order valence-electron chi connectivity index (χ2n) is 7.16. The molecule has 3 saturated heterocycles. The van der Waals surface area contributed by atoms with Gasteiger partial charge in [0.2, 0.25) is 0 Å². The summed E-state index contributed by atoms with van der Waals surface area (Å²) >= 11 is 0. The zero-order valence-electron chi connectivity index (χ0n) is 14.3. The fourth-order valence-electron chi connectivity index (χ4n) is 3.18. The molecule has 0 bridgehead atoms. The molecule has 24 heavy (non-hydrogen) atoms. The summed E-state index contributed by atoms with van der Waals surface area (Å²) in [5, 5.41) is 11.4. The largest absolute Gasteiger partial charge is 0.480 e. The van der Waals surface area contributed by atoms with E-state index in [1.165, 1.54) is 6.92 Å². The van der Waals surface area contributed by atoms with Gasteiger partial charge in [-0.1, -0.05) is 0 Å². The average molecular weight is 345 g/mol. The highest BCUT2D eigenvalue weighted by Crippen LogP contribution is 2.44. The first-order valence-electron chi connectivity index (χ1n) is 7.89. The summed E-state index contributed by atoms with van der Waals surface area (Å²) in [4.78, 5) is 23.4. The lowest BCUT2D eigenvalue weighted by molar-refractivity contribution is -0.231. The van der Waals surface area contributed by atoms with Gasteiger partial charge in [-0.2, -0.15) is 0 Å². The van der Waals surface area contributed by atoms with Crippen LogP contribution in [0.15, 0.2) is 0 Å². The monoisotopic (exact) mass is 345 g/mol. The van der Waals surface area contributed by atoms with Gasteiger partial charge in [-0.05, 0) is 34.6 Å². The number of carbonyl (C=O) groups excluding carboxylic acids is 1. The van der Waals surface area contributed by atoms with Crippen LogP contribution in [0.5, 0.6) is 0 Å². The number of ether oxygens (including phenoxy) is 5. The molecule has 3 aliphatic rings. The highest BCUT2D eigenvalue weighted by Gasteiger charge is 2.62. The highest BCUT2D eigenvalue weighted by molar-refractivity contribution is 5.86. The average Bonchev–Trinajstić information content (AvgIpc) is 2.91. The fraction of sp³-hybridized carbons (Fsp3) is 0.867. The fourth-order valence-corrected chi connectivity index (χ4v) is 3.18. The number of carbonyl (C=O) groups is 2. The topological polar surface area (TPSA) is 113 Å². The Balaban J connectivity index is 1.82. The van der Waals surface area contributed by atoms with Gasteiger partial charge in [0.25, 0.3) is 5.91 Å². The van der Waals surface area contributed by atoms with Crippen LogP contribution in [0.25, 0.3) is 0 Å². The van der Waals surface area contributed by atoms with E-state index in [-0.39, 0.29) is 0 Å². The van der Waals surface area contributed by atoms with Crippen molar-refractivity contribution in [1.82, 2.24) is 5.32 Å². The summed E-state index contributed by atoms with van der Waals surface area (Å²) in [6.07, 6.45) is -3.67. The lowest BCUT2D eigenvalue weighted by Gasteiger charge is -2.36. The molecule has 0 radical (unpaired) electrons. The molecular weight excluding hydrogens is 322 g/mol. The van der Waals surface area contributed by atoms with Crippen LogP contribution in [0.1, 0.15) is 34.6 Å². The van der Waals surface area contributed by atoms with Crippen molar-refractivity contribution in [2.75, 3.05) is 0 Å². The number of hydrogen-bond donors (Lipinski definition) is 2. The predicted octanol–water partition coefficient (Wildman–Crippen LogP) is -0.0278.